The van der Waals surface area contributed by atoms with E-state index in [1.165, 1.54) is 0 Å². The van der Waals surface area contributed by atoms with Crippen molar-refractivity contribution >= 4 is 39.6 Å². The number of hydrogen-bond acceptors (Lipinski definition) is 9. The lowest BCUT2D eigenvalue weighted by Crippen LogP contribution is -2.40. The zero-order valence-electron chi connectivity index (χ0n) is 22.5. The molecule has 1 fully saturated rings. The maximum absolute atomic E-state index is 13.5. The summed E-state index contributed by atoms with van der Waals surface area (Å²) in [5, 5.41) is 18.4. The Bertz CT molecular complexity index is 1440. The Morgan fingerprint density at radius 1 is 1.26 bits per heavy atom. The van der Waals surface area contributed by atoms with Crippen molar-refractivity contribution in [2.45, 2.75) is 57.7 Å². The van der Waals surface area contributed by atoms with Crippen LogP contribution < -0.4 is 11.1 Å². The van der Waals surface area contributed by atoms with E-state index >= 15 is 0 Å². The molecule has 4 heterocycles. The molecule has 1 saturated heterocycles. The number of amides is 1. The zero-order chi connectivity index (χ0) is 27.4. The third-order valence-corrected chi connectivity index (χ3v) is 7.42. The molecule has 4 aromatic rings. The summed E-state index contributed by atoms with van der Waals surface area (Å²) in [6, 6.07) is 7.84. The van der Waals surface area contributed by atoms with Crippen molar-refractivity contribution in [3.05, 3.63) is 47.8 Å². The highest BCUT2D eigenvalue weighted by Crippen LogP contribution is 2.28. The topological polar surface area (TPSA) is 144 Å². The predicted octanol–water partition coefficient (Wildman–Crippen LogP) is 3.22. The lowest BCUT2D eigenvalue weighted by atomic mass is 10.0. The Kier molecular flexibility index (Phi) is 8.18. The first-order chi connectivity index (χ1) is 19.0. The molecule has 1 amide bonds. The number of aliphatic hydroxyl groups excluding tert-OH is 1. The van der Waals surface area contributed by atoms with Crippen LogP contribution in [0.15, 0.2) is 36.7 Å². The van der Waals surface area contributed by atoms with Crippen molar-refractivity contribution in [3.63, 3.8) is 0 Å². The van der Waals surface area contributed by atoms with Crippen LogP contribution in [-0.4, -0.2) is 79.6 Å². The fourth-order valence-corrected chi connectivity index (χ4v) is 5.36. The number of carbonyl (C=O) groups is 1. The van der Waals surface area contributed by atoms with Crippen LogP contribution in [0.2, 0.25) is 0 Å². The average molecular weight is 533 g/mol. The second-order valence-electron chi connectivity index (χ2n) is 10.0. The Balaban J connectivity index is 1.49. The number of aliphatic hydroxyl groups is 1. The van der Waals surface area contributed by atoms with Crippen LogP contribution in [0.3, 0.4) is 0 Å². The van der Waals surface area contributed by atoms with E-state index in [0.717, 1.165) is 47.7 Å². The van der Waals surface area contributed by atoms with Gasteiger partial charge in [0.25, 0.3) is 5.91 Å². The molecule has 0 spiro atoms. The maximum Gasteiger partial charge on any atom is 0.254 e. The predicted molar refractivity (Wildman–Crippen MR) is 151 cm³/mol. The fourth-order valence-electron chi connectivity index (χ4n) is 5.36. The highest BCUT2D eigenvalue weighted by atomic mass is 16.5. The number of nitrogens with zero attached hydrogens (tertiary/aromatic N) is 6. The van der Waals surface area contributed by atoms with Crippen molar-refractivity contribution in [1.82, 2.24) is 29.6 Å². The Morgan fingerprint density at radius 2 is 2.08 bits per heavy atom. The van der Waals surface area contributed by atoms with E-state index in [1.807, 2.05) is 40.9 Å². The average Bonchev–Trinajstić information content (AvgIpc) is 3.35. The molecule has 1 aromatic carbocycles. The summed E-state index contributed by atoms with van der Waals surface area (Å²) in [4.78, 5) is 28.9. The molecule has 39 heavy (non-hydrogen) atoms. The van der Waals surface area contributed by atoms with Crippen molar-refractivity contribution in [2.75, 3.05) is 37.9 Å². The van der Waals surface area contributed by atoms with Gasteiger partial charge in [0.1, 0.15) is 11.0 Å². The zero-order valence-corrected chi connectivity index (χ0v) is 22.5. The molecular weight excluding hydrogens is 496 g/mol. The van der Waals surface area contributed by atoms with Gasteiger partial charge >= 0.3 is 0 Å². The number of rotatable bonds is 10. The van der Waals surface area contributed by atoms with E-state index < -0.39 is 0 Å². The number of nitrogens with two attached hydrogens (primary N) is 1. The van der Waals surface area contributed by atoms with Gasteiger partial charge in [-0.25, -0.2) is 4.98 Å². The van der Waals surface area contributed by atoms with Crippen LogP contribution in [-0.2, 0) is 11.3 Å². The second-order valence-corrected chi connectivity index (χ2v) is 10.0. The van der Waals surface area contributed by atoms with Crippen LogP contribution in [0, 0.1) is 0 Å². The largest absolute Gasteiger partial charge is 0.396 e. The Labute approximate surface area is 227 Å². The molecule has 206 valence electrons. The molecule has 11 heteroatoms. The van der Waals surface area contributed by atoms with Crippen molar-refractivity contribution in [1.29, 1.82) is 0 Å². The summed E-state index contributed by atoms with van der Waals surface area (Å²) < 4.78 is 7.31. The van der Waals surface area contributed by atoms with Crippen molar-refractivity contribution in [2.24, 2.45) is 0 Å². The minimum Gasteiger partial charge on any atom is -0.396 e. The van der Waals surface area contributed by atoms with Crippen LogP contribution >= 0.6 is 0 Å². The Hall–Kier alpha value is -3.83. The summed E-state index contributed by atoms with van der Waals surface area (Å²) in [5.41, 5.74) is 9.67. The van der Waals surface area contributed by atoms with E-state index in [2.05, 4.69) is 32.3 Å². The lowest BCUT2D eigenvalue weighted by molar-refractivity contribution is 0.0363. The van der Waals surface area contributed by atoms with Gasteiger partial charge in [-0.3, -0.25) is 14.5 Å². The van der Waals surface area contributed by atoms with Gasteiger partial charge in [0.05, 0.1) is 18.3 Å². The molecule has 1 unspecified atom stereocenters. The molecule has 0 saturated carbocycles. The van der Waals surface area contributed by atoms with E-state index in [1.54, 1.807) is 12.4 Å². The van der Waals surface area contributed by atoms with E-state index in [4.69, 9.17) is 10.5 Å². The number of ether oxygens (including phenoxy) is 1. The molecule has 0 radical (unpaired) electrons. The number of hydrogen-bond donors (Lipinski definition) is 3. The van der Waals surface area contributed by atoms with Gasteiger partial charge in [-0.2, -0.15) is 10.1 Å². The van der Waals surface area contributed by atoms with Gasteiger partial charge in [-0.15, -0.1) is 0 Å². The van der Waals surface area contributed by atoms with E-state index in [-0.39, 0.29) is 30.5 Å². The lowest BCUT2D eigenvalue weighted by Gasteiger charge is -2.31. The highest BCUT2D eigenvalue weighted by molar-refractivity contribution is 6.07. The molecule has 0 bridgehead atoms. The quantitative estimate of drug-likeness (QED) is 0.280. The molecule has 1 atom stereocenters. The first-order valence-corrected chi connectivity index (χ1v) is 13.6. The fraction of sp³-hybridized carbons (Fsp3) is 0.464. The second kappa shape index (κ2) is 11.9. The molecule has 11 nitrogen and oxygen atoms in total. The van der Waals surface area contributed by atoms with Gasteiger partial charge in [0, 0.05) is 56.1 Å². The summed E-state index contributed by atoms with van der Waals surface area (Å²) >= 11 is 0. The third-order valence-electron chi connectivity index (χ3n) is 7.42. The van der Waals surface area contributed by atoms with Crippen molar-refractivity contribution < 1.29 is 14.6 Å². The molecule has 5 rings (SSSR count). The van der Waals surface area contributed by atoms with Gasteiger partial charge in [0.15, 0.2) is 5.82 Å². The number of nitrogen functional groups attached to an aromatic ring is 1. The number of pyridine rings is 1. The van der Waals surface area contributed by atoms with Gasteiger partial charge in [-0.05, 0) is 43.4 Å². The standard InChI is InChI=1S/C28H36N8O3/c1-3-5-19(9-13-37)32-26-25-23(33-28(29)34-26)16-31-36(25)17-18-7-8-22(21-6-4-12-30-24(18)21)27(38)35(2)20-10-14-39-15-11-20/h4,6-8,12,16,19-20,37H,3,5,9-11,13-15,17H2,1-2H3,(H3,29,32,33,34). The number of benzene rings is 1. The molecule has 3 aromatic heterocycles. The minimum atomic E-state index is -0.0165. The van der Waals surface area contributed by atoms with Crippen LogP contribution in [0.1, 0.15) is 54.9 Å². The number of nitrogens with one attached hydrogen (secondary N) is 1. The molecule has 0 aliphatic carbocycles. The maximum atomic E-state index is 13.5. The number of aromatic nitrogens is 5. The first kappa shape index (κ1) is 26.8. The SMILES string of the molecule is CCCC(CCO)Nc1nc(N)nc2cnn(Cc3ccc(C(=O)N(C)C4CCOCC4)c4cccnc34)c12. The van der Waals surface area contributed by atoms with E-state index in [0.29, 0.717) is 43.1 Å². The summed E-state index contributed by atoms with van der Waals surface area (Å²) in [7, 11) is 1.87. The molecule has 1 aliphatic heterocycles. The number of anilines is 2. The number of carbonyl (C=O) groups excluding carboxylic acids is 1. The normalized spacial score (nSPS) is 15.1. The monoisotopic (exact) mass is 532 g/mol. The summed E-state index contributed by atoms with van der Waals surface area (Å²) in [6.07, 6.45) is 7.53. The van der Waals surface area contributed by atoms with Crippen LogP contribution in [0.4, 0.5) is 11.8 Å². The smallest absolute Gasteiger partial charge is 0.254 e. The summed E-state index contributed by atoms with van der Waals surface area (Å²) in [6.45, 7) is 3.93. The first-order valence-electron chi connectivity index (χ1n) is 13.6. The third kappa shape index (κ3) is 5.64. The minimum absolute atomic E-state index is 0.0165. The molecule has 4 N–H and O–H groups in total. The van der Waals surface area contributed by atoms with Gasteiger partial charge in [-0.1, -0.05) is 25.5 Å². The van der Waals surface area contributed by atoms with Crippen molar-refractivity contribution in [3.8, 4) is 0 Å². The van der Waals surface area contributed by atoms with Crippen LogP contribution in [0.25, 0.3) is 21.9 Å². The molecule has 1 aliphatic rings. The Morgan fingerprint density at radius 3 is 2.85 bits per heavy atom. The van der Waals surface area contributed by atoms with Crippen LogP contribution in [0.5, 0.6) is 0 Å². The van der Waals surface area contributed by atoms with E-state index in [9.17, 15) is 9.90 Å². The number of fused-ring (bicyclic) bond motifs is 2. The summed E-state index contributed by atoms with van der Waals surface area (Å²) in [5.74, 6) is 0.730. The van der Waals surface area contributed by atoms with Gasteiger partial charge < -0.3 is 25.8 Å². The molecular formula is C28H36N8O3. The highest BCUT2D eigenvalue weighted by Gasteiger charge is 2.25. The van der Waals surface area contributed by atoms with Gasteiger partial charge in [0.2, 0.25) is 5.95 Å².